The Bertz CT molecular complexity index is 899. The van der Waals surface area contributed by atoms with Gasteiger partial charge in [0.25, 0.3) is 5.91 Å². The molecule has 0 spiro atoms. The number of benzene rings is 1. The summed E-state index contributed by atoms with van der Waals surface area (Å²) in [6, 6.07) is 4.29. The van der Waals surface area contributed by atoms with Gasteiger partial charge in [-0.05, 0) is 25.1 Å². The summed E-state index contributed by atoms with van der Waals surface area (Å²) in [5.74, 6) is 4.19. The van der Waals surface area contributed by atoms with E-state index < -0.39 is 11.7 Å². The number of rotatable bonds is 5. The van der Waals surface area contributed by atoms with Crippen LogP contribution in [0.25, 0.3) is 10.6 Å². The van der Waals surface area contributed by atoms with E-state index in [2.05, 4.69) is 16.8 Å². The van der Waals surface area contributed by atoms with E-state index in [1.54, 1.807) is 14.0 Å². The molecule has 0 aliphatic rings. The van der Waals surface area contributed by atoms with Gasteiger partial charge in [0.2, 0.25) is 5.91 Å². The first-order valence-electron chi connectivity index (χ1n) is 7.74. The minimum Gasteiger partial charge on any atom is -0.395 e. The van der Waals surface area contributed by atoms with Crippen LogP contribution in [-0.4, -0.2) is 47.0 Å². The van der Waals surface area contributed by atoms with Gasteiger partial charge in [-0.25, -0.2) is 9.37 Å². The van der Waals surface area contributed by atoms with E-state index in [-0.39, 0.29) is 36.7 Å². The summed E-state index contributed by atoms with van der Waals surface area (Å²) in [5.41, 5.74) is 6.12. The summed E-state index contributed by atoms with van der Waals surface area (Å²) in [4.78, 5) is 29.2. The molecule has 136 valence electrons. The fraction of sp³-hybridized carbons (Fsp3) is 0.278. The smallest absolute Gasteiger partial charge is 0.268 e. The summed E-state index contributed by atoms with van der Waals surface area (Å²) in [6.45, 7) is 1.82. The monoisotopic (exact) mass is 375 g/mol. The Morgan fingerprint density at radius 2 is 2.15 bits per heavy atom. The molecule has 0 aliphatic heterocycles. The molecule has 8 heteroatoms. The number of aromatic nitrogens is 1. The van der Waals surface area contributed by atoms with Crippen LogP contribution in [0.3, 0.4) is 0 Å². The van der Waals surface area contributed by atoms with E-state index in [1.165, 1.54) is 34.4 Å². The quantitative estimate of drug-likeness (QED) is 0.775. The van der Waals surface area contributed by atoms with Crippen LogP contribution in [0.5, 0.6) is 0 Å². The van der Waals surface area contributed by atoms with Crippen LogP contribution in [0.15, 0.2) is 18.2 Å². The summed E-state index contributed by atoms with van der Waals surface area (Å²) in [6.07, 6.45) is -0.00854. The highest BCUT2D eigenvalue weighted by Crippen LogP contribution is 2.30. The molecule has 0 unspecified atom stereocenters. The minimum atomic E-state index is -0.660. The van der Waals surface area contributed by atoms with Crippen LogP contribution in [-0.2, 0) is 4.79 Å². The third-order valence-corrected chi connectivity index (χ3v) is 4.56. The third-order valence-electron chi connectivity index (χ3n) is 3.56. The molecule has 1 aromatic carbocycles. The van der Waals surface area contributed by atoms with Crippen molar-refractivity contribution in [1.29, 1.82) is 0 Å². The highest BCUT2D eigenvalue weighted by atomic mass is 32.1. The Kier molecular flexibility index (Phi) is 6.44. The van der Waals surface area contributed by atoms with E-state index in [9.17, 15) is 14.0 Å². The zero-order valence-electron chi connectivity index (χ0n) is 14.4. The topological polar surface area (TPSA) is 96.5 Å². The molecular weight excluding hydrogens is 357 g/mol. The zero-order chi connectivity index (χ0) is 19.3. The predicted octanol–water partition coefficient (Wildman–Crippen LogP) is 1.55. The Morgan fingerprint density at radius 1 is 1.42 bits per heavy atom. The highest BCUT2D eigenvalue weighted by Gasteiger charge is 2.16. The maximum Gasteiger partial charge on any atom is 0.268 e. The zero-order valence-corrected chi connectivity index (χ0v) is 15.2. The van der Waals surface area contributed by atoms with Gasteiger partial charge in [-0.15, -0.1) is 11.3 Å². The molecule has 0 radical (unpaired) electrons. The van der Waals surface area contributed by atoms with Gasteiger partial charge in [-0.3, -0.25) is 9.59 Å². The van der Waals surface area contributed by atoms with Crippen molar-refractivity contribution in [3.63, 3.8) is 0 Å². The number of likely N-dealkylation sites (N-methyl/N-ethyl adjacent to an activating group) is 1. The number of thiazole rings is 1. The Labute approximate surface area is 154 Å². The van der Waals surface area contributed by atoms with Gasteiger partial charge in [0.1, 0.15) is 16.5 Å². The van der Waals surface area contributed by atoms with Gasteiger partial charge in [0.05, 0.1) is 13.0 Å². The highest BCUT2D eigenvalue weighted by molar-refractivity contribution is 7.15. The number of hydrogen-bond acceptors (Lipinski definition) is 5. The Hall–Kier alpha value is -2.76. The molecule has 2 rings (SSSR count). The van der Waals surface area contributed by atoms with Gasteiger partial charge in [-0.1, -0.05) is 11.8 Å². The van der Waals surface area contributed by atoms with Crippen LogP contribution >= 0.6 is 11.3 Å². The largest absolute Gasteiger partial charge is 0.395 e. The molecule has 26 heavy (non-hydrogen) atoms. The SMILES string of the molecule is Cc1sc(-c2cc(C#CCC(=O)N(C)CCO)ccc2F)nc1C(N)=O. The summed E-state index contributed by atoms with van der Waals surface area (Å²) < 4.78 is 14.2. The van der Waals surface area contributed by atoms with Crippen molar-refractivity contribution in [2.75, 3.05) is 20.2 Å². The molecule has 0 saturated heterocycles. The van der Waals surface area contributed by atoms with E-state index >= 15 is 0 Å². The van der Waals surface area contributed by atoms with Crippen molar-refractivity contribution in [2.24, 2.45) is 5.73 Å². The van der Waals surface area contributed by atoms with Crippen LogP contribution in [0, 0.1) is 24.6 Å². The lowest BCUT2D eigenvalue weighted by Gasteiger charge is -2.13. The van der Waals surface area contributed by atoms with Gasteiger partial charge < -0.3 is 15.7 Å². The van der Waals surface area contributed by atoms with Crippen LogP contribution in [0.2, 0.25) is 0 Å². The predicted molar refractivity (Wildman–Crippen MR) is 97.0 cm³/mol. The van der Waals surface area contributed by atoms with E-state index in [0.717, 1.165) is 0 Å². The first-order chi connectivity index (χ1) is 12.3. The molecule has 1 aromatic heterocycles. The van der Waals surface area contributed by atoms with E-state index in [1.807, 2.05) is 0 Å². The Balaban J connectivity index is 2.23. The molecule has 3 N–H and O–H groups in total. The van der Waals surface area contributed by atoms with Gasteiger partial charge in [0, 0.05) is 29.6 Å². The fourth-order valence-electron chi connectivity index (χ4n) is 2.14. The number of primary amides is 1. The first kappa shape index (κ1) is 19.6. The van der Waals surface area contributed by atoms with Crippen molar-refractivity contribution in [3.8, 4) is 22.4 Å². The van der Waals surface area contributed by atoms with Crippen molar-refractivity contribution >= 4 is 23.2 Å². The molecule has 2 aromatic rings. The second kappa shape index (κ2) is 8.56. The first-order valence-corrected chi connectivity index (χ1v) is 8.56. The van der Waals surface area contributed by atoms with E-state index in [4.69, 9.17) is 10.8 Å². The second-order valence-electron chi connectivity index (χ2n) is 5.50. The molecule has 2 amide bonds. The number of aliphatic hydroxyl groups is 1. The second-order valence-corrected chi connectivity index (χ2v) is 6.70. The number of nitrogens with zero attached hydrogens (tertiary/aromatic N) is 2. The lowest BCUT2D eigenvalue weighted by Crippen LogP contribution is -2.28. The number of halogens is 1. The van der Waals surface area contributed by atoms with Gasteiger partial charge >= 0.3 is 0 Å². The normalized spacial score (nSPS) is 10.2. The Morgan fingerprint density at radius 3 is 2.77 bits per heavy atom. The van der Waals surface area contributed by atoms with Crippen molar-refractivity contribution in [3.05, 3.63) is 40.2 Å². The number of aliphatic hydroxyl groups excluding tert-OH is 1. The standard InChI is InChI=1S/C18H18FN3O3S/c1-11-16(17(20)25)21-18(26-11)13-10-12(6-7-14(13)19)4-3-5-15(24)22(2)8-9-23/h6-7,10,23H,5,8-9H2,1-2H3,(H2,20,25). The average molecular weight is 375 g/mol. The molecule has 0 saturated carbocycles. The maximum atomic E-state index is 14.2. The number of nitrogens with two attached hydrogens (primary N) is 1. The van der Waals surface area contributed by atoms with Gasteiger partial charge in [-0.2, -0.15) is 0 Å². The lowest BCUT2D eigenvalue weighted by atomic mass is 10.1. The number of carbonyl (C=O) groups excluding carboxylic acids is 2. The molecule has 0 fully saturated rings. The van der Waals surface area contributed by atoms with Crippen LogP contribution < -0.4 is 5.73 Å². The summed E-state index contributed by atoms with van der Waals surface area (Å²) in [7, 11) is 1.58. The lowest BCUT2D eigenvalue weighted by molar-refractivity contribution is -0.129. The third kappa shape index (κ3) is 4.65. The number of hydrogen-bond donors (Lipinski definition) is 2. The molecule has 0 bridgehead atoms. The molecular formula is C18H18FN3O3S. The van der Waals surface area contributed by atoms with Crippen LogP contribution in [0.4, 0.5) is 4.39 Å². The number of aryl methyl sites for hydroxylation is 1. The summed E-state index contributed by atoms with van der Waals surface area (Å²) >= 11 is 1.17. The minimum absolute atomic E-state index is 0.00854. The van der Waals surface area contributed by atoms with Crippen molar-refractivity contribution in [1.82, 2.24) is 9.88 Å². The maximum absolute atomic E-state index is 14.2. The number of carbonyl (C=O) groups is 2. The molecule has 6 nitrogen and oxygen atoms in total. The molecule has 1 heterocycles. The average Bonchev–Trinajstić information content (AvgIpc) is 2.98. The molecule has 0 aliphatic carbocycles. The van der Waals surface area contributed by atoms with E-state index in [0.29, 0.717) is 15.4 Å². The van der Waals surface area contributed by atoms with Crippen molar-refractivity contribution in [2.45, 2.75) is 13.3 Å². The summed E-state index contributed by atoms with van der Waals surface area (Å²) in [5, 5.41) is 9.15. The van der Waals surface area contributed by atoms with Gasteiger partial charge in [0.15, 0.2) is 0 Å². The fourth-order valence-corrected chi connectivity index (χ4v) is 3.07. The number of amides is 2. The van der Waals surface area contributed by atoms with Crippen molar-refractivity contribution < 1.29 is 19.1 Å². The molecule has 0 atom stereocenters. The van der Waals surface area contributed by atoms with Crippen LogP contribution in [0.1, 0.15) is 27.3 Å².